The zero-order chi connectivity index (χ0) is 22.6. The Morgan fingerprint density at radius 1 is 1.16 bits per heavy atom. The van der Waals surface area contributed by atoms with Gasteiger partial charge < -0.3 is 20.5 Å². The molecule has 1 atom stereocenters. The Morgan fingerprint density at radius 2 is 1.87 bits per heavy atom. The third kappa shape index (κ3) is 5.98. The van der Waals surface area contributed by atoms with Crippen LogP contribution in [0.4, 0.5) is 23.7 Å². The minimum absolute atomic E-state index is 0.172. The molecule has 3 rings (SSSR count). The zero-order valence-electron chi connectivity index (χ0n) is 15.6. The topological polar surface area (TPSA) is 101 Å². The van der Waals surface area contributed by atoms with Gasteiger partial charge in [-0.15, -0.1) is 0 Å². The van der Waals surface area contributed by atoms with Gasteiger partial charge in [-0.2, -0.15) is 13.2 Å². The van der Waals surface area contributed by atoms with Crippen molar-refractivity contribution in [1.82, 2.24) is 10.3 Å². The summed E-state index contributed by atoms with van der Waals surface area (Å²) in [4.78, 5) is 26.7. The number of pyridine rings is 1. The van der Waals surface area contributed by atoms with Crippen molar-refractivity contribution in [2.24, 2.45) is 0 Å². The number of hydrogen-bond donors (Lipinski definition) is 3. The number of urea groups is 1. The lowest BCUT2D eigenvalue weighted by molar-refractivity contribution is -0.0948. The van der Waals surface area contributed by atoms with Crippen LogP contribution < -0.4 is 15.4 Å². The molecule has 0 aliphatic heterocycles. The van der Waals surface area contributed by atoms with Crippen molar-refractivity contribution in [2.75, 3.05) is 5.32 Å². The Morgan fingerprint density at radius 3 is 2.52 bits per heavy atom. The molecule has 7 nitrogen and oxygen atoms in total. The summed E-state index contributed by atoms with van der Waals surface area (Å²) in [7, 11) is 0. The molecule has 162 valence electrons. The number of carbonyl (C=O) groups excluding carboxylic acids is 1. The number of aromatic nitrogens is 1. The molecule has 11 heteroatoms. The number of anilines is 1. The number of nitrogens with zero attached hydrogens (tertiary/aromatic N) is 1. The van der Waals surface area contributed by atoms with Gasteiger partial charge in [0.15, 0.2) is 5.69 Å². The number of ether oxygens (including phenoxy) is 1. The molecule has 0 radical (unpaired) electrons. The smallest absolute Gasteiger partial charge is 0.414 e. The van der Waals surface area contributed by atoms with Gasteiger partial charge in [0.1, 0.15) is 11.5 Å². The van der Waals surface area contributed by atoms with Crippen molar-refractivity contribution in [3.63, 3.8) is 0 Å². The van der Waals surface area contributed by atoms with E-state index < -0.39 is 41.2 Å². The number of hydrogen-bond acceptors (Lipinski definition) is 4. The van der Waals surface area contributed by atoms with Gasteiger partial charge in [-0.25, -0.2) is 14.6 Å². The number of amides is 2. The van der Waals surface area contributed by atoms with Crippen LogP contribution in [0.3, 0.4) is 0 Å². The van der Waals surface area contributed by atoms with Gasteiger partial charge in [0.25, 0.3) is 0 Å². The summed E-state index contributed by atoms with van der Waals surface area (Å²) in [5.74, 6) is -0.552. The number of carboxylic acid groups (broad SMARTS) is 1. The quantitative estimate of drug-likeness (QED) is 0.586. The molecule has 1 aliphatic carbocycles. The maximum absolute atomic E-state index is 13.0. The number of carbonyl (C=O) groups is 2. The Balaban J connectivity index is 1.57. The number of halogens is 4. The molecule has 3 N–H and O–H groups in total. The van der Waals surface area contributed by atoms with Crippen LogP contribution in [0.2, 0.25) is 0 Å². The molecular weight excluding hydrogens is 439 g/mol. The van der Waals surface area contributed by atoms with Gasteiger partial charge in [-0.1, -0.05) is 17.7 Å². The lowest BCUT2D eigenvalue weighted by atomic mass is 10.00. The predicted molar refractivity (Wildman–Crippen MR) is 106 cm³/mol. The molecule has 0 bridgehead atoms. The Bertz CT molecular complexity index is 1050. The van der Waals surface area contributed by atoms with Crippen molar-refractivity contribution < 1.29 is 32.6 Å². The molecule has 0 spiro atoms. The van der Waals surface area contributed by atoms with E-state index in [1.807, 2.05) is 0 Å². The van der Waals surface area contributed by atoms with Crippen LogP contribution in [0.25, 0.3) is 0 Å². The largest absolute Gasteiger partial charge is 0.477 e. The van der Waals surface area contributed by atoms with E-state index in [9.17, 15) is 22.8 Å². The van der Waals surface area contributed by atoms with Crippen LogP contribution in [-0.4, -0.2) is 34.3 Å². The summed E-state index contributed by atoms with van der Waals surface area (Å²) in [6.45, 7) is 0. The average Bonchev–Trinajstić information content (AvgIpc) is 2.70. The van der Waals surface area contributed by atoms with Crippen molar-refractivity contribution in [3.8, 4) is 11.5 Å². The summed E-state index contributed by atoms with van der Waals surface area (Å²) in [5.41, 5.74) is -0.699. The lowest BCUT2D eigenvalue weighted by Gasteiger charge is -2.23. The van der Waals surface area contributed by atoms with Crippen LogP contribution in [0.15, 0.2) is 65.4 Å². The molecular formula is C20H15ClF3N3O4. The fourth-order valence-corrected chi connectivity index (χ4v) is 2.96. The molecule has 0 saturated heterocycles. The number of benzene rings is 1. The van der Waals surface area contributed by atoms with Crippen LogP contribution in [0.1, 0.15) is 16.9 Å². The Kier molecular flexibility index (Phi) is 6.50. The minimum atomic E-state index is -4.58. The monoisotopic (exact) mass is 453 g/mol. The number of alkyl halides is 3. The average molecular weight is 454 g/mol. The van der Waals surface area contributed by atoms with Crippen molar-refractivity contribution in [1.29, 1.82) is 0 Å². The number of aromatic carboxylic acids is 1. The standard InChI is InChI=1S/C20H15ClF3N3O4/c21-16-6-3-12(9-15(16)20(22,23)24)27-19(30)26-11-1-4-13(5-2-11)31-14-7-8-25-17(10-14)18(28)29/h1-8,10,12H,9H2,(H,28,29)(H2,26,27,30). The molecule has 1 aromatic carbocycles. The first-order valence-corrected chi connectivity index (χ1v) is 9.18. The molecule has 2 amide bonds. The third-order valence-electron chi connectivity index (χ3n) is 4.14. The van der Waals surface area contributed by atoms with Crippen molar-refractivity contribution >= 4 is 29.3 Å². The van der Waals surface area contributed by atoms with E-state index in [0.29, 0.717) is 11.4 Å². The van der Waals surface area contributed by atoms with Crippen LogP contribution >= 0.6 is 11.6 Å². The zero-order valence-corrected chi connectivity index (χ0v) is 16.4. The summed E-state index contributed by atoms with van der Waals surface area (Å²) in [6, 6.07) is 7.28. The first-order chi connectivity index (χ1) is 14.6. The minimum Gasteiger partial charge on any atom is -0.477 e. The van der Waals surface area contributed by atoms with Gasteiger partial charge in [-0.3, -0.25) is 0 Å². The first kappa shape index (κ1) is 22.2. The van der Waals surface area contributed by atoms with Crippen molar-refractivity contribution in [3.05, 3.63) is 71.0 Å². The van der Waals surface area contributed by atoms with Gasteiger partial charge in [0.05, 0.1) is 11.6 Å². The third-order valence-corrected chi connectivity index (χ3v) is 4.50. The molecule has 2 aromatic rings. The van der Waals surface area contributed by atoms with E-state index in [4.69, 9.17) is 21.4 Å². The van der Waals surface area contributed by atoms with E-state index in [1.165, 1.54) is 48.7 Å². The van der Waals surface area contributed by atoms with E-state index in [1.54, 1.807) is 0 Å². The van der Waals surface area contributed by atoms with Crippen molar-refractivity contribution in [2.45, 2.75) is 18.6 Å². The van der Waals surface area contributed by atoms with Crippen LogP contribution in [0.5, 0.6) is 11.5 Å². The number of carboxylic acids is 1. The molecule has 0 saturated carbocycles. The highest BCUT2D eigenvalue weighted by atomic mass is 35.5. The van der Waals surface area contributed by atoms with Gasteiger partial charge in [0.2, 0.25) is 0 Å². The molecule has 0 fully saturated rings. The summed E-state index contributed by atoms with van der Waals surface area (Å²) >= 11 is 5.60. The molecule has 1 aliphatic rings. The maximum atomic E-state index is 13.0. The fourth-order valence-electron chi connectivity index (χ4n) is 2.71. The summed E-state index contributed by atoms with van der Waals surface area (Å²) < 4.78 is 44.4. The highest BCUT2D eigenvalue weighted by molar-refractivity contribution is 6.31. The fraction of sp³-hybridized carbons (Fsp3) is 0.150. The van der Waals surface area contributed by atoms with E-state index in [-0.39, 0.29) is 11.4 Å². The number of rotatable bonds is 5. The highest BCUT2D eigenvalue weighted by Crippen LogP contribution is 2.36. The molecule has 1 unspecified atom stereocenters. The normalized spacial score (nSPS) is 16.1. The lowest BCUT2D eigenvalue weighted by Crippen LogP contribution is -2.39. The number of allylic oxidation sites excluding steroid dienone is 2. The molecule has 1 aromatic heterocycles. The number of nitrogens with one attached hydrogen (secondary N) is 2. The first-order valence-electron chi connectivity index (χ1n) is 8.80. The summed E-state index contributed by atoms with van der Waals surface area (Å²) in [6.07, 6.45) is -1.25. The SMILES string of the molecule is O=C(Nc1ccc(Oc2ccnc(C(=O)O)c2)cc1)NC1C=CC(Cl)=C(C(F)(F)F)C1. The highest BCUT2D eigenvalue weighted by Gasteiger charge is 2.38. The van der Waals surface area contributed by atoms with Crippen LogP contribution in [0, 0.1) is 0 Å². The predicted octanol–water partition coefficient (Wildman–Crippen LogP) is 5.08. The molecule has 1 heterocycles. The Hall–Kier alpha value is -3.53. The Labute approximate surface area is 179 Å². The van der Waals surface area contributed by atoms with Gasteiger partial charge in [-0.05, 0) is 36.4 Å². The van der Waals surface area contributed by atoms with E-state index >= 15 is 0 Å². The summed E-state index contributed by atoms with van der Waals surface area (Å²) in [5, 5.41) is 13.5. The second kappa shape index (κ2) is 9.09. The van der Waals surface area contributed by atoms with Gasteiger partial charge in [0, 0.05) is 29.4 Å². The van der Waals surface area contributed by atoms with E-state index in [2.05, 4.69) is 15.6 Å². The van der Waals surface area contributed by atoms with Gasteiger partial charge >= 0.3 is 18.2 Å². The molecule has 31 heavy (non-hydrogen) atoms. The second-order valence-electron chi connectivity index (χ2n) is 6.40. The second-order valence-corrected chi connectivity index (χ2v) is 6.81. The van der Waals surface area contributed by atoms with Crippen LogP contribution in [-0.2, 0) is 0 Å². The maximum Gasteiger partial charge on any atom is 0.414 e. The van der Waals surface area contributed by atoms with E-state index in [0.717, 1.165) is 6.08 Å².